The summed E-state index contributed by atoms with van der Waals surface area (Å²) in [5.74, 6) is 0.950. The van der Waals surface area contributed by atoms with Crippen LogP contribution in [0.5, 0.6) is 0 Å². The number of rotatable bonds is 4. The fraction of sp³-hybridized carbons (Fsp3) is 0.158. The summed E-state index contributed by atoms with van der Waals surface area (Å²) in [5.41, 5.74) is 2.83. The van der Waals surface area contributed by atoms with Crippen LogP contribution in [-0.4, -0.2) is 29.4 Å². The number of fused-ring (bicyclic) bond motifs is 3. The Morgan fingerprint density at radius 3 is 2.85 bits per heavy atom. The van der Waals surface area contributed by atoms with Crippen molar-refractivity contribution in [1.29, 1.82) is 0 Å². The van der Waals surface area contributed by atoms with Crippen LogP contribution in [0, 0.1) is 6.92 Å². The van der Waals surface area contributed by atoms with Gasteiger partial charge in [-0.2, -0.15) is 5.10 Å². The van der Waals surface area contributed by atoms with Gasteiger partial charge in [-0.25, -0.2) is 9.50 Å². The molecular weight excluding hydrogens is 376 g/mol. The first-order valence-corrected chi connectivity index (χ1v) is 10.2. The highest BCUT2D eigenvalue weighted by molar-refractivity contribution is 7.99. The van der Waals surface area contributed by atoms with E-state index in [0.29, 0.717) is 0 Å². The molecule has 0 N–H and O–H groups in total. The number of para-hydroxylation sites is 1. The van der Waals surface area contributed by atoms with Crippen molar-refractivity contribution >= 4 is 39.6 Å². The lowest BCUT2D eigenvalue weighted by Gasteiger charge is -2.07. The first-order valence-electron chi connectivity index (χ1n) is 8.52. The van der Waals surface area contributed by atoms with Gasteiger partial charge in [-0.3, -0.25) is 0 Å². The molecule has 27 heavy (non-hydrogen) atoms. The van der Waals surface area contributed by atoms with E-state index in [1.807, 2.05) is 41.3 Å². The van der Waals surface area contributed by atoms with Gasteiger partial charge in [0.1, 0.15) is 10.9 Å². The Bertz CT molecular complexity index is 1250. The highest BCUT2D eigenvalue weighted by Gasteiger charge is 2.16. The quantitative estimate of drug-likeness (QED) is 0.431. The Hall–Kier alpha value is -2.71. The second-order valence-electron chi connectivity index (χ2n) is 6.31. The van der Waals surface area contributed by atoms with Gasteiger partial charge in [-0.1, -0.05) is 24.3 Å². The molecule has 0 unspecified atom stereocenters. The second kappa shape index (κ2) is 6.47. The van der Waals surface area contributed by atoms with Crippen LogP contribution in [0.15, 0.2) is 58.0 Å². The zero-order valence-electron chi connectivity index (χ0n) is 14.8. The van der Waals surface area contributed by atoms with Crippen molar-refractivity contribution in [2.24, 2.45) is 7.05 Å². The van der Waals surface area contributed by atoms with E-state index >= 15 is 0 Å². The number of nitrogens with zero attached hydrogens (tertiary/aromatic N) is 6. The third kappa shape index (κ3) is 2.90. The lowest BCUT2D eigenvalue weighted by molar-refractivity contribution is 0.750. The largest absolute Gasteiger partial charge is 0.309 e. The summed E-state index contributed by atoms with van der Waals surface area (Å²) in [7, 11) is 2.01. The minimum Gasteiger partial charge on any atom is -0.309 e. The summed E-state index contributed by atoms with van der Waals surface area (Å²) in [6, 6.07) is 14.4. The van der Waals surface area contributed by atoms with Gasteiger partial charge in [-0.05, 0) is 36.2 Å². The molecule has 5 rings (SSSR count). The van der Waals surface area contributed by atoms with Crippen molar-refractivity contribution in [3.05, 3.63) is 64.2 Å². The third-order valence-electron chi connectivity index (χ3n) is 4.42. The molecule has 0 aliphatic heterocycles. The molecule has 0 spiro atoms. The molecule has 5 aromatic rings. The fourth-order valence-electron chi connectivity index (χ4n) is 3.07. The van der Waals surface area contributed by atoms with Crippen molar-refractivity contribution in [3.63, 3.8) is 0 Å². The number of aryl methyl sites for hydroxylation is 1. The number of aromatic nitrogens is 6. The van der Waals surface area contributed by atoms with Gasteiger partial charge in [0, 0.05) is 29.8 Å². The van der Waals surface area contributed by atoms with Crippen LogP contribution in [0.2, 0.25) is 0 Å². The normalized spacial score (nSPS) is 11.6. The maximum atomic E-state index is 4.83. The average Bonchev–Trinajstić information content (AvgIpc) is 3.39. The summed E-state index contributed by atoms with van der Waals surface area (Å²) in [5, 5.41) is 18.2. The Morgan fingerprint density at radius 2 is 2.00 bits per heavy atom. The van der Waals surface area contributed by atoms with Gasteiger partial charge in [0.2, 0.25) is 0 Å². The molecule has 0 aliphatic carbocycles. The molecule has 4 aromatic heterocycles. The van der Waals surface area contributed by atoms with Crippen molar-refractivity contribution in [1.82, 2.24) is 29.4 Å². The fourth-order valence-corrected chi connectivity index (χ4v) is 4.69. The molecule has 0 aliphatic rings. The Kier molecular flexibility index (Phi) is 3.95. The third-order valence-corrected chi connectivity index (χ3v) is 6.34. The van der Waals surface area contributed by atoms with Crippen LogP contribution in [0.4, 0.5) is 0 Å². The lowest BCUT2D eigenvalue weighted by Crippen LogP contribution is -2.00. The Morgan fingerprint density at radius 1 is 1.11 bits per heavy atom. The van der Waals surface area contributed by atoms with E-state index in [0.717, 1.165) is 44.7 Å². The summed E-state index contributed by atoms with van der Waals surface area (Å²) < 4.78 is 3.94. The predicted molar refractivity (Wildman–Crippen MR) is 107 cm³/mol. The standard InChI is InChI=1S/C19H16N6S2/c1-12-10-16-20-18(14-7-3-4-8-15(14)25(16)23-12)27-19-22-21-17(24(19)2)11-13-6-5-9-26-13/h3-10H,11H2,1-2H3. The molecule has 6 nitrogen and oxygen atoms in total. The first kappa shape index (κ1) is 16.5. The molecule has 4 heterocycles. The van der Waals surface area contributed by atoms with Crippen molar-refractivity contribution in [2.75, 3.05) is 0 Å². The molecule has 0 saturated heterocycles. The van der Waals surface area contributed by atoms with E-state index in [9.17, 15) is 0 Å². The monoisotopic (exact) mass is 392 g/mol. The van der Waals surface area contributed by atoms with Crippen molar-refractivity contribution in [3.8, 4) is 0 Å². The minimum atomic E-state index is 0.788. The Balaban J connectivity index is 1.57. The molecule has 0 saturated carbocycles. The van der Waals surface area contributed by atoms with Crippen LogP contribution in [0.3, 0.4) is 0 Å². The van der Waals surface area contributed by atoms with Crippen LogP contribution in [-0.2, 0) is 13.5 Å². The molecule has 0 amide bonds. The molecule has 0 atom stereocenters. The molecule has 1 aromatic carbocycles. The maximum Gasteiger partial charge on any atom is 0.197 e. The van der Waals surface area contributed by atoms with E-state index in [1.165, 1.54) is 4.88 Å². The van der Waals surface area contributed by atoms with Gasteiger partial charge in [0.15, 0.2) is 10.8 Å². The van der Waals surface area contributed by atoms with Gasteiger partial charge < -0.3 is 4.57 Å². The molecule has 0 bridgehead atoms. The summed E-state index contributed by atoms with van der Waals surface area (Å²) in [4.78, 5) is 6.11. The number of thiophene rings is 1. The van der Waals surface area contributed by atoms with Crippen LogP contribution in [0.1, 0.15) is 16.4 Å². The maximum absolute atomic E-state index is 4.83. The van der Waals surface area contributed by atoms with Crippen LogP contribution >= 0.6 is 23.1 Å². The van der Waals surface area contributed by atoms with Crippen molar-refractivity contribution in [2.45, 2.75) is 23.5 Å². The van der Waals surface area contributed by atoms with Crippen LogP contribution in [0.25, 0.3) is 16.6 Å². The average molecular weight is 393 g/mol. The predicted octanol–water partition coefficient (Wildman–Crippen LogP) is 4.12. The van der Waals surface area contributed by atoms with E-state index in [2.05, 4.69) is 44.9 Å². The summed E-state index contributed by atoms with van der Waals surface area (Å²) in [6.07, 6.45) is 0.788. The molecular formula is C19H16N6S2. The molecule has 134 valence electrons. The van der Waals surface area contributed by atoms with E-state index < -0.39 is 0 Å². The zero-order valence-corrected chi connectivity index (χ0v) is 16.5. The van der Waals surface area contributed by atoms with Crippen LogP contribution < -0.4 is 0 Å². The minimum absolute atomic E-state index is 0.788. The highest BCUT2D eigenvalue weighted by atomic mass is 32.2. The zero-order chi connectivity index (χ0) is 18.4. The SMILES string of the molecule is Cc1cc2nc(Sc3nnc(Cc4cccs4)n3C)c3ccccc3n2n1. The first-order chi connectivity index (χ1) is 13.2. The Labute approximate surface area is 163 Å². The molecule has 0 radical (unpaired) electrons. The summed E-state index contributed by atoms with van der Waals surface area (Å²) >= 11 is 3.28. The lowest BCUT2D eigenvalue weighted by atomic mass is 10.2. The van der Waals surface area contributed by atoms with E-state index in [-0.39, 0.29) is 0 Å². The van der Waals surface area contributed by atoms with Crippen molar-refractivity contribution < 1.29 is 0 Å². The number of hydrogen-bond donors (Lipinski definition) is 0. The second-order valence-corrected chi connectivity index (χ2v) is 8.29. The molecule has 0 fully saturated rings. The topological polar surface area (TPSA) is 60.9 Å². The smallest absolute Gasteiger partial charge is 0.197 e. The van der Waals surface area contributed by atoms with Gasteiger partial charge in [0.05, 0.1) is 11.2 Å². The number of hydrogen-bond acceptors (Lipinski definition) is 6. The van der Waals surface area contributed by atoms with Gasteiger partial charge >= 0.3 is 0 Å². The molecule has 8 heteroatoms. The van der Waals surface area contributed by atoms with E-state index in [4.69, 9.17) is 4.98 Å². The highest BCUT2D eigenvalue weighted by Crippen LogP contribution is 2.32. The summed E-state index contributed by atoms with van der Waals surface area (Å²) in [6.45, 7) is 1.98. The van der Waals surface area contributed by atoms with Gasteiger partial charge in [0.25, 0.3) is 0 Å². The van der Waals surface area contributed by atoms with Gasteiger partial charge in [-0.15, -0.1) is 21.5 Å². The van der Waals surface area contributed by atoms with E-state index in [1.54, 1.807) is 23.1 Å². The number of benzene rings is 1.